The Morgan fingerprint density at radius 1 is 1.07 bits per heavy atom. The molecular formula is C23H22BN5O. The summed E-state index contributed by atoms with van der Waals surface area (Å²) in [6, 6.07) is 12.2. The number of pyridine rings is 2. The minimum atomic E-state index is 0.207. The smallest absolute Gasteiger partial charge is 0.267 e. The average Bonchev–Trinajstić information content (AvgIpc) is 3.16. The van der Waals surface area contributed by atoms with Gasteiger partial charge in [-0.05, 0) is 36.2 Å². The van der Waals surface area contributed by atoms with Crippen LogP contribution in [0.1, 0.15) is 24.5 Å². The van der Waals surface area contributed by atoms with Gasteiger partial charge in [-0.2, -0.15) is 5.10 Å². The van der Waals surface area contributed by atoms with Gasteiger partial charge in [-0.3, -0.25) is 9.67 Å². The zero-order valence-corrected chi connectivity index (χ0v) is 17.2. The van der Waals surface area contributed by atoms with Crippen LogP contribution in [0.4, 0.5) is 0 Å². The van der Waals surface area contributed by atoms with Gasteiger partial charge in [-0.1, -0.05) is 25.5 Å². The first kappa shape index (κ1) is 18.6. The third-order valence-electron chi connectivity index (χ3n) is 6.11. The lowest BCUT2D eigenvalue weighted by Crippen LogP contribution is -2.19. The number of hydrogen-bond acceptors (Lipinski definition) is 5. The molecular weight excluding hydrogens is 373 g/mol. The van der Waals surface area contributed by atoms with E-state index in [1.54, 1.807) is 11.8 Å². The molecule has 4 aromatic rings. The Morgan fingerprint density at radius 3 is 2.60 bits per heavy atom. The summed E-state index contributed by atoms with van der Waals surface area (Å²) in [5.41, 5.74) is 5.59. The lowest BCUT2D eigenvalue weighted by Gasteiger charge is -2.22. The molecule has 1 saturated heterocycles. The molecule has 0 radical (unpaired) electrons. The summed E-state index contributed by atoms with van der Waals surface area (Å²) in [5, 5.41) is 14.6. The average molecular weight is 395 g/mol. The Kier molecular flexibility index (Phi) is 4.63. The highest BCUT2D eigenvalue weighted by Crippen LogP contribution is 2.35. The van der Waals surface area contributed by atoms with Gasteiger partial charge < -0.3 is 4.74 Å². The van der Waals surface area contributed by atoms with E-state index in [-0.39, 0.29) is 6.71 Å². The molecule has 4 heterocycles. The Bertz CT molecular complexity index is 1280. The molecule has 30 heavy (non-hydrogen) atoms. The number of benzene rings is 1. The number of aryl methyl sites for hydroxylation is 1. The fourth-order valence-electron chi connectivity index (χ4n) is 4.47. The first-order valence-electron chi connectivity index (χ1n) is 10.3. The van der Waals surface area contributed by atoms with Crippen molar-refractivity contribution in [1.82, 2.24) is 19.7 Å². The third-order valence-corrected chi connectivity index (χ3v) is 6.11. The van der Waals surface area contributed by atoms with Crippen LogP contribution in [-0.4, -0.2) is 33.6 Å². The topological polar surface area (TPSA) is 76.6 Å². The quantitative estimate of drug-likeness (QED) is 0.473. The van der Waals surface area contributed by atoms with Crippen LogP contribution in [0.3, 0.4) is 0 Å². The largest absolute Gasteiger partial charge is 0.496 e. The van der Waals surface area contributed by atoms with Crippen LogP contribution in [0.15, 0.2) is 42.6 Å². The molecule has 1 aliphatic heterocycles. The van der Waals surface area contributed by atoms with Gasteiger partial charge >= 0.3 is 0 Å². The summed E-state index contributed by atoms with van der Waals surface area (Å²) in [4.78, 5) is 9.76. The highest BCUT2D eigenvalue weighted by atomic mass is 16.5. The summed E-state index contributed by atoms with van der Waals surface area (Å²) in [7, 11) is 3.58. The highest BCUT2D eigenvalue weighted by molar-refractivity contribution is 6.67. The fraction of sp³-hybridized carbons (Fsp3) is 0.304. The van der Waals surface area contributed by atoms with E-state index in [1.165, 1.54) is 0 Å². The molecule has 0 bridgehead atoms. The summed E-state index contributed by atoms with van der Waals surface area (Å²) in [6.07, 6.45) is 5.99. The van der Waals surface area contributed by atoms with Gasteiger partial charge in [0, 0.05) is 41.9 Å². The van der Waals surface area contributed by atoms with E-state index < -0.39 is 0 Å². The highest BCUT2D eigenvalue weighted by Gasteiger charge is 2.26. The van der Waals surface area contributed by atoms with Gasteiger partial charge in [0.1, 0.15) is 5.75 Å². The van der Waals surface area contributed by atoms with Crippen LogP contribution >= 0.6 is 0 Å². The van der Waals surface area contributed by atoms with Crippen LogP contribution in [0.25, 0.3) is 33.2 Å². The normalized spacial score (nSPS) is 14.9. The number of hydrogen-bond donors (Lipinski definition) is 0. The van der Waals surface area contributed by atoms with E-state index in [2.05, 4.69) is 29.3 Å². The van der Waals surface area contributed by atoms with Gasteiger partial charge in [-0.25, -0.2) is 10.2 Å². The van der Waals surface area contributed by atoms with Crippen LogP contribution in [0, 0.1) is 11.2 Å². The molecule has 0 spiro atoms. The van der Waals surface area contributed by atoms with Crippen LogP contribution in [0.5, 0.6) is 5.75 Å². The zero-order valence-electron chi connectivity index (χ0n) is 17.2. The maximum absolute atomic E-state index is 9.12. The van der Waals surface area contributed by atoms with E-state index in [0.717, 1.165) is 70.1 Å². The summed E-state index contributed by atoms with van der Waals surface area (Å²) in [6.45, 7) is 0.207. The Labute approximate surface area is 175 Å². The number of nitriles is 1. The molecule has 1 fully saturated rings. The monoisotopic (exact) mass is 395 g/mol. The van der Waals surface area contributed by atoms with Crippen molar-refractivity contribution in [1.29, 1.82) is 5.26 Å². The van der Waals surface area contributed by atoms with Crippen molar-refractivity contribution < 1.29 is 4.74 Å². The Morgan fingerprint density at radius 2 is 1.83 bits per heavy atom. The molecule has 0 unspecified atom stereocenters. The molecule has 3 aromatic heterocycles. The minimum Gasteiger partial charge on any atom is -0.496 e. The molecule has 0 saturated carbocycles. The maximum Gasteiger partial charge on any atom is 0.267 e. The molecule has 5 rings (SSSR count). The Balaban J connectivity index is 1.50. The molecule has 1 aliphatic rings. The number of aromatic nitrogens is 4. The number of ether oxygens (including phenoxy) is 1. The van der Waals surface area contributed by atoms with Crippen LogP contribution < -0.4 is 4.74 Å². The maximum atomic E-state index is 9.12. The van der Waals surface area contributed by atoms with E-state index in [1.807, 2.05) is 31.4 Å². The van der Waals surface area contributed by atoms with Crippen molar-refractivity contribution in [3.05, 3.63) is 48.3 Å². The Hall–Kier alpha value is -3.40. The molecule has 0 amide bonds. The lowest BCUT2D eigenvalue weighted by atomic mass is 9.41. The van der Waals surface area contributed by atoms with E-state index in [0.29, 0.717) is 5.92 Å². The first-order valence-corrected chi connectivity index (χ1v) is 10.3. The number of methoxy groups -OCH3 is 1. The van der Waals surface area contributed by atoms with E-state index >= 15 is 0 Å². The van der Waals surface area contributed by atoms with Gasteiger partial charge in [0.25, 0.3) is 6.71 Å². The predicted octanol–water partition coefficient (Wildman–Crippen LogP) is 4.63. The second kappa shape index (κ2) is 7.45. The van der Waals surface area contributed by atoms with Crippen LogP contribution in [0.2, 0.25) is 12.6 Å². The fourth-order valence-corrected chi connectivity index (χ4v) is 4.47. The molecule has 7 heteroatoms. The zero-order chi connectivity index (χ0) is 20.7. The first-order chi connectivity index (χ1) is 14.6. The minimum absolute atomic E-state index is 0.207. The van der Waals surface area contributed by atoms with Crippen molar-refractivity contribution in [2.45, 2.75) is 31.4 Å². The molecule has 0 aliphatic carbocycles. The summed E-state index contributed by atoms with van der Waals surface area (Å²) in [5.74, 6) is 3.60. The standard InChI is InChI=1S/C23H22BN5O/c1-29-13-16-11-17(23(30-2)12-22(16)28-29)19-4-6-20-21(27-19)5-3-18(26-20)15-7-9-24(14-25)10-8-15/h3-6,11-13,15H,7-10H2,1-2H3. The van der Waals surface area contributed by atoms with Gasteiger partial charge in [0.05, 0.1) is 29.4 Å². The summed E-state index contributed by atoms with van der Waals surface area (Å²) >= 11 is 0. The third kappa shape index (κ3) is 3.28. The van der Waals surface area contributed by atoms with Crippen molar-refractivity contribution >= 4 is 28.6 Å². The van der Waals surface area contributed by atoms with Gasteiger partial charge in [0.15, 0.2) is 0 Å². The lowest BCUT2D eigenvalue weighted by molar-refractivity contribution is 0.417. The van der Waals surface area contributed by atoms with E-state index in [9.17, 15) is 0 Å². The molecule has 1 aromatic carbocycles. The predicted molar refractivity (Wildman–Crippen MR) is 119 cm³/mol. The number of rotatable bonds is 3. The van der Waals surface area contributed by atoms with Crippen LogP contribution in [-0.2, 0) is 7.05 Å². The SMILES string of the molecule is COc1cc2nn(C)cc2cc1-c1ccc2nc(C3CCB(C#N)CC3)ccc2n1. The van der Waals surface area contributed by atoms with Gasteiger partial charge in [0.2, 0.25) is 0 Å². The van der Waals surface area contributed by atoms with Gasteiger partial charge in [-0.15, -0.1) is 0 Å². The number of fused-ring (bicyclic) bond motifs is 2. The molecule has 0 N–H and O–H groups in total. The molecule has 6 nitrogen and oxygen atoms in total. The summed E-state index contributed by atoms with van der Waals surface area (Å²) < 4.78 is 7.42. The van der Waals surface area contributed by atoms with E-state index in [4.69, 9.17) is 20.0 Å². The molecule has 148 valence electrons. The van der Waals surface area contributed by atoms with Crippen molar-refractivity contribution in [2.75, 3.05) is 7.11 Å². The second-order valence-electron chi connectivity index (χ2n) is 8.06. The number of nitrogens with zero attached hydrogens (tertiary/aromatic N) is 5. The molecule has 0 atom stereocenters. The second-order valence-corrected chi connectivity index (χ2v) is 8.06. The van der Waals surface area contributed by atoms with Crippen molar-refractivity contribution in [2.24, 2.45) is 7.05 Å². The van der Waals surface area contributed by atoms with Crippen molar-refractivity contribution in [3.8, 4) is 23.0 Å². The van der Waals surface area contributed by atoms with Crippen molar-refractivity contribution in [3.63, 3.8) is 0 Å².